The Kier molecular flexibility index (Phi) is 3.53. The minimum Gasteiger partial charge on any atom is -0.347 e. The van der Waals surface area contributed by atoms with Crippen LogP contribution in [0.4, 0.5) is 0 Å². The third kappa shape index (κ3) is 2.74. The summed E-state index contributed by atoms with van der Waals surface area (Å²) in [5, 5.41) is 0. The van der Waals surface area contributed by atoms with Crippen LogP contribution in [0.25, 0.3) is 0 Å². The van der Waals surface area contributed by atoms with Crippen LogP contribution in [0.5, 0.6) is 0 Å². The second-order valence-corrected chi connectivity index (χ2v) is 6.08. The summed E-state index contributed by atoms with van der Waals surface area (Å²) in [6.45, 7) is 1.35. The Balaban J connectivity index is 2.00. The molecule has 1 heterocycles. The summed E-state index contributed by atoms with van der Waals surface area (Å²) in [6.07, 6.45) is 4.95. The summed E-state index contributed by atoms with van der Waals surface area (Å²) < 4.78 is 38.1. The first-order valence-electron chi connectivity index (χ1n) is 5.64. The third-order valence-electron chi connectivity index (χ3n) is 3.21. The number of ether oxygens (including phenoxy) is 2. The van der Waals surface area contributed by atoms with E-state index >= 15 is 0 Å². The lowest BCUT2D eigenvalue weighted by molar-refractivity contribution is -0.217. The molecule has 0 aromatic heterocycles. The molecule has 0 aromatic rings. The molecule has 2 fully saturated rings. The van der Waals surface area contributed by atoms with Crippen molar-refractivity contribution in [3.8, 4) is 0 Å². The van der Waals surface area contributed by atoms with E-state index in [0.29, 0.717) is 13.2 Å². The first kappa shape index (κ1) is 12.3. The van der Waals surface area contributed by atoms with Crippen LogP contribution in [0.1, 0.15) is 25.7 Å². The molecule has 1 aliphatic carbocycles. The van der Waals surface area contributed by atoms with Gasteiger partial charge in [0.15, 0.2) is 5.79 Å². The fourth-order valence-corrected chi connectivity index (χ4v) is 2.86. The van der Waals surface area contributed by atoms with Crippen LogP contribution in [0, 0.1) is 5.92 Å². The van der Waals surface area contributed by atoms with Crippen LogP contribution in [-0.2, 0) is 23.8 Å². The van der Waals surface area contributed by atoms with Crippen LogP contribution in [0.15, 0.2) is 0 Å². The van der Waals surface area contributed by atoms with Gasteiger partial charge in [0, 0.05) is 12.3 Å². The molecule has 94 valence electrons. The van der Waals surface area contributed by atoms with E-state index in [2.05, 4.69) is 0 Å². The van der Waals surface area contributed by atoms with Gasteiger partial charge >= 0.3 is 0 Å². The Morgan fingerprint density at radius 1 is 1.31 bits per heavy atom. The average Bonchev–Trinajstić information content (AvgIpc) is 2.65. The summed E-state index contributed by atoms with van der Waals surface area (Å²) in [4.78, 5) is 0. The molecule has 1 aliphatic heterocycles. The summed E-state index contributed by atoms with van der Waals surface area (Å²) in [6, 6.07) is 0. The maximum atomic E-state index is 11.0. The number of rotatable bonds is 3. The maximum absolute atomic E-state index is 11.0. The van der Waals surface area contributed by atoms with Crippen molar-refractivity contribution in [3.05, 3.63) is 0 Å². The molecule has 0 amide bonds. The fraction of sp³-hybridized carbons (Fsp3) is 1.00. The average molecular weight is 250 g/mol. The topological polar surface area (TPSA) is 61.8 Å². The van der Waals surface area contributed by atoms with Crippen molar-refractivity contribution in [2.24, 2.45) is 5.92 Å². The van der Waals surface area contributed by atoms with Crippen LogP contribution < -0.4 is 0 Å². The summed E-state index contributed by atoms with van der Waals surface area (Å²) in [5.41, 5.74) is 0. The molecule has 1 saturated carbocycles. The number of hydrogen-bond acceptors (Lipinski definition) is 5. The van der Waals surface area contributed by atoms with Crippen LogP contribution in [0.2, 0.25) is 0 Å². The molecule has 1 spiro atoms. The Hall–Kier alpha value is -0.170. The second kappa shape index (κ2) is 4.60. The van der Waals surface area contributed by atoms with E-state index in [9.17, 15) is 8.42 Å². The van der Waals surface area contributed by atoms with E-state index in [-0.39, 0.29) is 12.5 Å². The van der Waals surface area contributed by atoms with Gasteiger partial charge in [-0.25, -0.2) is 0 Å². The van der Waals surface area contributed by atoms with Gasteiger partial charge < -0.3 is 9.47 Å². The van der Waals surface area contributed by atoms with Gasteiger partial charge in [0.25, 0.3) is 10.1 Å². The van der Waals surface area contributed by atoms with Crippen molar-refractivity contribution in [3.63, 3.8) is 0 Å². The van der Waals surface area contributed by atoms with Crippen LogP contribution in [0.3, 0.4) is 0 Å². The zero-order valence-electron chi connectivity index (χ0n) is 9.48. The molecular weight excluding hydrogens is 232 g/mol. The minimum atomic E-state index is -3.38. The molecule has 1 atom stereocenters. The molecule has 0 N–H and O–H groups in total. The highest BCUT2D eigenvalue weighted by Gasteiger charge is 2.46. The van der Waals surface area contributed by atoms with E-state index in [4.69, 9.17) is 13.7 Å². The van der Waals surface area contributed by atoms with Crippen molar-refractivity contribution in [2.75, 3.05) is 26.1 Å². The van der Waals surface area contributed by atoms with Gasteiger partial charge in [-0.05, 0) is 12.8 Å². The standard InChI is InChI=1S/C10H18O5S/c1-16(11,12)15-8-9-4-2-3-5-10(9)13-6-7-14-10/h9H,2-8H2,1H3. The molecule has 0 radical (unpaired) electrons. The molecule has 1 unspecified atom stereocenters. The molecule has 16 heavy (non-hydrogen) atoms. The SMILES string of the molecule is CS(=O)(=O)OCC1CCCCC12OCCO2. The molecule has 0 bridgehead atoms. The van der Waals surface area contributed by atoms with Gasteiger partial charge in [-0.2, -0.15) is 8.42 Å². The van der Waals surface area contributed by atoms with Gasteiger partial charge in [0.05, 0.1) is 26.1 Å². The first-order valence-corrected chi connectivity index (χ1v) is 7.46. The van der Waals surface area contributed by atoms with Gasteiger partial charge in [0.1, 0.15) is 0 Å². The smallest absolute Gasteiger partial charge is 0.264 e. The van der Waals surface area contributed by atoms with Gasteiger partial charge in [-0.1, -0.05) is 6.42 Å². The fourth-order valence-electron chi connectivity index (χ4n) is 2.45. The molecule has 1 saturated heterocycles. The van der Waals surface area contributed by atoms with Crippen molar-refractivity contribution in [1.29, 1.82) is 0 Å². The van der Waals surface area contributed by atoms with E-state index in [1.807, 2.05) is 0 Å². The monoisotopic (exact) mass is 250 g/mol. The Labute approximate surface area is 96.2 Å². The third-order valence-corrected chi connectivity index (χ3v) is 3.77. The predicted molar refractivity (Wildman–Crippen MR) is 57.4 cm³/mol. The molecule has 5 nitrogen and oxygen atoms in total. The highest BCUT2D eigenvalue weighted by atomic mass is 32.2. The molecule has 6 heteroatoms. The zero-order chi connectivity index (χ0) is 11.6. The first-order chi connectivity index (χ1) is 7.52. The second-order valence-electron chi connectivity index (χ2n) is 4.44. The molecule has 2 aliphatic rings. The Morgan fingerprint density at radius 2 is 2.00 bits per heavy atom. The highest BCUT2D eigenvalue weighted by molar-refractivity contribution is 7.85. The van der Waals surface area contributed by atoms with Crippen LogP contribution >= 0.6 is 0 Å². The van der Waals surface area contributed by atoms with Crippen LogP contribution in [-0.4, -0.2) is 40.3 Å². The van der Waals surface area contributed by atoms with E-state index in [1.165, 1.54) is 0 Å². The Bertz CT molecular complexity index is 331. The largest absolute Gasteiger partial charge is 0.347 e. The quantitative estimate of drug-likeness (QED) is 0.696. The summed E-state index contributed by atoms with van der Waals surface area (Å²) >= 11 is 0. The summed E-state index contributed by atoms with van der Waals surface area (Å²) in [5.74, 6) is -0.554. The van der Waals surface area contributed by atoms with Crippen molar-refractivity contribution >= 4 is 10.1 Å². The molecule has 2 rings (SSSR count). The normalized spacial score (nSPS) is 29.7. The summed E-state index contributed by atoms with van der Waals surface area (Å²) in [7, 11) is -3.38. The van der Waals surface area contributed by atoms with E-state index in [0.717, 1.165) is 31.9 Å². The van der Waals surface area contributed by atoms with Gasteiger partial charge in [-0.3, -0.25) is 4.18 Å². The predicted octanol–water partition coefficient (Wildman–Crippen LogP) is 0.896. The molecule has 0 aromatic carbocycles. The lowest BCUT2D eigenvalue weighted by atomic mass is 9.84. The minimum absolute atomic E-state index is 0.0264. The molecular formula is C10H18O5S. The maximum Gasteiger partial charge on any atom is 0.264 e. The van der Waals surface area contributed by atoms with Gasteiger partial charge in [-0.15, -0.1) is 0 Å². The lowest BCUT2D eigenvalue weighted by Crippen LogP contribution is -2.44. The zero-order valence-corrected chi connectivity index (χ0v) is 10.3. The highest BCUT2D eigenvalue weighted by Crippen LogP contribution is 2.40. The van der Waals surface area contributed by atoms with Crippen molar-refractivity contribution < 1.29 is 22.1 Å². The van der Waals surface area contributed by atoms with Crippen molar-refractivity contribution in [1.82, 2.24) is 0 Å². The van der Waals surface area contributed by atoms with Crippen molar-refractivity contribution in [2.45, 2.75) is 31.5 Å². The van der Waals surface area contributed by atoms with Gasteiger partial charge in [0.2, 0.25) is 0 Å². The number of hydrogen-bond donors (Lipinski definition) is 0. The lowest BCUT2D eigenvalue weighted by Gasteiger charge is -2.38. The van der Waals surface area contributed by atoms with E-state index < -0.39 is 15.9 Å². The van der Waals surface area contributed by atoms with E-state index in [1.54, 1.807) is 0 Å². The Morgan fingerprint density at radius 3 is 2.62 bits per heavy atom.